The van der Waals surface area contributed by atoms with Crippen molar-refractivity contribution in [1.29, 1.82) is 0 Å². The fourth-order valence-electron chi connectivity index (χ4n) is 2.26. The van der Waals surface area contributed by atoms with Crippen molar-refractivity contribution in [2.75, 3.05) is 13.2 Å². The summed E-state index contributed by atoms with van der Waals surface area (Å²) in [6.45, 7) is 2.60. The number of aryl methyl sites for hydroxylation is 1. The molecule has 0 bridgehead atoms. The summed E-state index contributed by atoms with van der Waals surface area (Å²) in [5.41, 5.74) is 8.50. The molecule has 1 aliphatic rings. The Labute approximate surface area is 133 Å². The minimum Gasteiger partial charge on any atom is -0.487 e. The number of hydrogen-bond acceptors (Lipinski definition) is 6. The second-order valence-corrected chi connectivity index (χ2v) is 5.27. The lowest BCUT2D eigenvalue weighted by atomic mass is 10.1. The molecule has 0 saturated carbocycles. The van der Waals surface area contributed by atoms with Crippen molar-refractivity contribution in [2.45, 2.75) is 19.4 Å². The van der Waals surface area contributed by atoms with Crippen molar-refractivity contribution in [3.63, 3.8) is 0 Å². The van der Waals surface area contributed by atoms with Gasteiger partial charge in [-0.15, -0.1) is 0 Å². The third-order valence-electron chi connectivity index (χ3n) is 3.45. The van der Waals surface area contributed by atoms with Crippen LogP contribution in [-0.4, -0.2) is 34.9 Å². The third-order valence-corrected chi connectivity index (χ3v) is 3.45. The highest BCUT2D eigenvalue weighted by atomic mass is 19.1. The first-order valence-corrected chi connectivity index (χ1v) is 7.29. The van der Waals surface area contributed by atoms with Gasteiger partial charge in [0.2, 0.25) is 5.95 Å². The van der Waals surface area contributed by atoms with E-state index in [2.05, 4.69) is 15.1 Å². The maximum absolute atomic E-state index is 13.0. The Kier molecular flexibility index (Phi) is 4.47. The predicted molar refractivity (Wildman–Crippen MR) is 83.6 cm³/mol. The standard InChI is InChI=1S/C16H17FN4O2/c1-10-2-4-14(22-9-13-6-12(7-18)21-23-13)16(20-10)11-3-5-15(17)19-8-11/h2-5,8,13H,6-7,9,18H2,1H3. The van der Waals surface area contributed by atoms with Crippen LogP contribution in [0.15, 0.2) is 35.6 Å². The van der Waals surface area contributed by atoms with Gasteiger partial charge < -0.3 is 15.3 Å². The topological polar surface area (TPSA) is 82.6 Å². The van der Waals surface area contributed by atoms with Gasteiger partial charge in [-0.2, -0.15) is 4.39 Å². The number of aromatic nitrogens is 2. The highest BCUT2D eigenvalue weighted by Gasteiger charge is 2.21. The summed E-state index contributed by atoms with van der Waals surface area (Å²) < 4.78 is 18.8. The van der Waals surface area contributed by atoms with E-state index in [1.54, 1.807) is 6.07 Å². The second kappa shape index (κ2) is 6.70. The van der Waals surface area contributed by atoms with Gasteiger partial charge in [-0.25, -0.2) is 9.97 Å². The quantitative estimate of drug-likeness (QED) is 0.854. The van der Waals surface area contributed by atoms with E-state index >= 15 is 0 Å². The third kappa shape index (κ3) is 3.62. The summed E-state index contributed by atoms with van der Waals surface area (Å²) in [5, 5.41) is 3.90. The minimum atomic E-state index is -0.533. The van der Waals surface area contributed by atoms with Crippen molar-refractivity contribution in [3.8, 4) is 17.0 Å². The van der Waals surface area contributed by atoms with Crippen molar-refractivity contribution >= 4 is 5.71 Å². The molecular formula is C16H17FN4O2. The smallest absolute Gasteiger partial charge is 0.212 e. The average molecular weight is 316 g/mol. The molecule has 2 aromatic heterocycles. The van der Waals surface area contributed by atoms with Crippen LogP contribution >= 0.6 is 0 Å². The molecule has 0 aliphatic carbocycles. The van der Waals surface area contributed by atoms with E-state index in [1.165, 1.54) is 12.3 Å². The highest BCUT2D eigenvalue weighted by Crippen LogP contribution is 2.28. The van der Waals surface area contributed by atoms with Crippen LogP contribution in [0.5, 0.6) is 5.75 Å². The van der Waals surface area contributed by atoms with E-state index < -0.39 is 5.95 Å². The normalized spacial score (nSPS) is 16.8. The molecule has 2 N–H and O–H groups in total. The van der Waals surface area contributed by atoms with E-state index in [-0.39, 0.29) is 6.10 Å². The zero-order valence-electron chi connectivity index (χ0n) is 12.7. The van der Waals surface area contributed by atoms with Gasteiger partial charge >= 0.3 is 0 Å². The van der Waals surface area contributed by atoms with Gasteiger partial charge in [0, 0.05) is 30.4 Å². The molecule has 0 fully saturated rings. The molecule has 0 amide bonds. The fourth-order valence-corrected chi connectivity index (χ4v) is 2.26. The molecule has 1 aliphatic heterocycles. The Hall–Kier alpha value is -2.54. The first-order chi connectivity index (χ1) is 11.2. The molecule has 2 aromatic rings. The van der Waals surface area contributed by atoms with Gasteiger partial charge in [0.15, 0.2) is 6.10 Å². The summed E-state index contributed by atoms with van der Waals surface area (Å²) in [6.07, 6.45) is 1.93. The van der Waals surface area contributed by atoms with E-state index in [0.29, 0.717) is 36.6 Å². The van der Waals surface area contributed by atoms with Crippen molar-refractivity contribution in [1.82, 2.24) is 9.97 Å². The molecule has 0 saturated heterocycles. The first kappa shape index (κ1) is 15.4. The molecule has 23 heavy (non-hydrogen) atoms. The number of ether oxygens (including phenoxy) is 1. The van der Waals surface area contributed by atoms with E-state index in [0.717, 1.165) is 11.4 Å². The van der Waals surface area contributed by atoms with E-state index in [1.807, 2.05) is 19.1 Å². The van der Waals surface area contributed by atoms with E-state index in [4.69, 9.17) is 15.3 Å². The Morgan fingerprint density at radius 3 is 2.91 bits per heavy atom. The summed E-state index contributed by atoms with van der Waals surface area (Å²) in [7, 11) is 0. The maximum atomic E-state index is 13.0. The van der Waals surface area contributed by atoms with Gasteiger partial charge in [0.1, 0.15) is 18.1 Å². The lowest BCUT2D eigenvalue weighted by Crippen LogP contribution is -2.20. The molecule has 3 heterocycles. The van der Waals surface area contributed by atoms with Crippen molar-refractivity contribution in [3.05, 3.63) is 42.1 Å². The number of pyridine rings is 2. The van der Waals surface area contributed by atoms with Crippen LogP contribution in [0.3, 0.4) is 0 Å². The van der Waals surface area contributed by atoms with Gasteiger partial charge in [-0.1, -0.05) is 5.16 Å². The van der Waals surface area contributed by atoms with Crippen LogP contribution in [0.4, 0.5) is 4.39 Å². The minimum absolute atomic E-state index is 0.158. The van der Waals surface area contributed by atoms with Gasteiger partial charge in [-0.3, -0.25) is 0 Å². The zero-order chi connectivity index (χ0) is 16.2. The molecule has 6 nitrogen and oxygen atoms in total. The Balaban J connectivity index is 1.76. The van der Waals surface area contributed by atoms with Crippen molar-refractivity contribution in [2.24, 2.45) is 10.9 Å². The molecule has 1 unspecified atom stereocenters. The van der Waals surface area contributed by atoms with Crippen molar-refractivity contribution < 1.29 is 14.0 Å². The largest absolute Gasteiger partial charge is 0.487 e. The zero-order valence-corrected chi connectivity index (χ0v) is 12.7. The summed E-state index contributed by atoms with van der Waals surface area (Å²) in [4.78, 5) is 13.4. The average Bonchev–Trinajstić information content (AvgIpc) is 3.02. The summed E-state index contributed by atoms with van der Waals surface area (Å²) >= 11 is 0. The lowest BCUT2D eigenvalue weighted by molar-refractivity contribution is 0.0471. The number of halogens is 1. The van der Waals surface area contributed by atoms with Crippen LogP contribution < -0.4 is 10.5 Å². The van der Waals surface area contributed by atoms with Crippen LogP contribution in [0.2, 0.25) is 0 Å². The number of hydrogen-bond donors (Lipinski definition) is 1. The Morgan fingerprint density at radius 2 is 2.22 bits per heavy atom. The summed E-state index contributed by atoms with van der Waals surface area (Å²) in [5.74, 6) is 0.0588. The van der Waals surface area contributed by atoms with E-state index in [9.17, 15) is 4.39 Å². The lowest BCUT2D eigenvalue weighted by Gasteiger charge is -2.14. The Bertz CT molecular complexity index is 719. The first-order valence-electron chi connectivity index (χ1n) is 7.29. The van der Waals surface area contributed by atoms with Crippen LogP contribution in [0, 0.1) is 12.9 Å². The molecule has 0 spiro atoms. The molecule has 3 rings (SSSR count). The van der Waals surface area contributed by atoms with Gasteiger partial charge in [0.05, 0.1) is 5.71 Å². The number of oxime groups is 1. The molecular weight excluding hydrogens is 299 g/mol. The SMILES string of the molecule is Cc1ccc(OCC2CC(CN)=NO2)c(-c2ccc(F)nc2)n1. The van der Waals surface area contributed by atoms with Crippen LogP contribution in [0.25, 0.3) is 11.3 Å². The fraction of sp³-hybridized carbons (Fsp3) is 0.312. The van der Waals surface area contributed by atoms with Gasteiger partial charge in [-0.05, 0) is 31.2 Å². The van der Waals surface area contributed by atoms with Crippen LogP contribution in [-0.2, 0) is 4.84 Å². The number of nitrogens with two attached hydrogens (primary N) is 1. The maximum Gasteiger partial charge on any atom is 0.212 e. The number of rotatable bonds is 5. The summed E-state index contributed by atoms with van der Waals surface area (Å²) in [6, 6.07) is 6.61. The molecule has 0 radical (unpaired) electrons. The molecule has 7 heteroatoms. The predicted octanol–water partition coefficient (Wildman–Crippen LogP) is 2.07. The second-order valence-electron chi connectivity index (χ2n) is 5.27. The Morgan fingerprint density at radius 1 is 1.35 bits per heavy atom. The van der Waals surface area contributed by atoms with Gasteiger partial charge in [0.25, 0.3) is 0 Å². The highest BCUT2D eigenvalue weighted by molar-refractivity contribution is 5.87. The van der Waals surface area contributed by atoms with Crippen LogP contribution in [0.1, 0.15) is 12.1 Å². The molecule has 0 aromatic carbocycles. The number of nitrogens with zero attached hydrogens (tertiary/aromatic N) is 3. The molecule has 120 valence electrons. The molecule has 1 atom stereocenters. The monoisotopic (exact) mass is 316 g/mol.